The summed E-state index contributed by atoms with van der Waals surface area (Å²) in [5.41, 5.74) is 8.40. The molecule has 2 aromatic carbocycles. The second kappa shape index (κ2) is 6.83. The van der Waals surface area contributed by atoms with Crippen LogP contribution in [0.3, 0.4) is 0 Å². The van der Waals surface area contributed by atoms with Crippen LogP contribution in [0.2, 0.25) is 0 Å². The van der Waals surface area contributed by atoms with Crippen molar-refractivity contribution in [2.24, 2.45) is 5.73 Å². The number of halogens is 3. The summed E-state index contributed by atoms with van der Waals surface area (Å²) in [6, 6.07) is 16.1. The fraction of sp³-hybridized carbons (Fsp3) is 0.333. The smallest absolute Gasteiger partial charge is 0.406 e. The van der Waals surface area contributed by atoms with Gasteiger partial charge in [-0.2, -0.15) is 0 Å². The molecule has 0 amide bonds. The highest BCUT2D eigenvalue weighted by molar-refractivity contribution is 5.31. The molecule has 1 aliphatic heterocycles. The van der Waals surface area contributed by atoms with Gasteiger partial charge in [0, 0.05) is 31.6 Å². The van der Waals surface area contributed by atoms with E-state index in [9.17, 15) is 13.2 Å². The van der Waals surface area contributed by atoms with E-state index >= 15 is 0 Å². The van der Waals surface area contributed by atoms with Gasteiger partial charge in [-0.1, -0.05) is 42.5 Å². The largest absolute Gasteiger partial charge is 0.573 e. The molecule has 6 heteroatoms. The first-order valence-corrected chi connectivity index (χ1v) is 7.78. The van der Waals surface area contributed by atoms with Gasteiger partial charge in [0.25, 0.3) is 0 Å². The molecule has 3 nitrogen and oxygen atoms in total. The maximum atomic E-state index is 12.2. The lowest BCUT2D eigenvalue weighted by Gasteiger charge is -2.17. The summed E-state index contributed by atoms with van der Waals surface area (Å²) in [7, 11) is 0. The van der Waals surface area contributed by atoms with Gasteiger partial charge in [0.05, 0.1) is 0 Å². The minimum atomic E-state index is -4.67. The fourth-order valence-corrected chi connectivity index (χ4v) is 3.15. The number of hydrogen-bond donors (Lipinski definition) is 1. The number of nitrogens with zero attached hydrogens (tertiary/aromatic N) is 1. The van der Waals surface area contributed by atoms with E-state index in [4.69, 9.17) is 5.73 Å². The molecule has 1 saturated heterocycles. The maximum absolute atomic E-state index is 12.2. The maximum Gasteiger partial charge on any atom is 0.573 e. The minimum absolute atomic E-state index is 0.0388. The van der Waals surface area contributed by atoms with Crippen molar-refractivity contribution < 1.29 is 17.9 Å². The summed E-state index contributed by atoms with van der Waals surface area (Å²) in [6.07, 6.45) is -4.67. The summed E-state index contributed by atoms with van der Waals surface area (Å²) in [5.74, 6) is -0.104. The van der Waals surface area contributed by atoms with E-state index in [-0.39, 0.29) is 17.7 Å². The second-order valence-corrected chi connectivity index (χ2v) is 6.07. The second-order valence-electron chi connectivity index (χ2n) is 6.07. The van der Waals surface area contributed by atoms with Crippen LogP contribution in [-0.2, 0) is 6.54 Å². The molecule has 0 bridgehead atoms. The van der Waals surface area contributed by atoms with E-state index in [0.717, 1.165) is 25.2 Å². The van der Waals surface area contributed by atoms with Crippen molar-refractivity contribution in [2.75, 3.05) is 13.1 Å². The fourth-order valence-electron chi connectivity index (χ4n) is 3.15. The molecule has 0 aromatic heterocycles. The summed E-state index contributed by atoms with van der Waals surface area (Å²) in [5, 5.41) is 0. The van der Waals surface area contributed by atoms with Crippen LogP contribution in [0.15, 0.2) is 54.6 Å². The third-order valence-electron chi connectivity index (χ3n) is 4.23. The van der Waals surface area contributed by atoms with Gasteiger partial charge in [-0.05, 0) is 23.3 Å². The van der Waals surface area contributed by atoms with E-state index in [1.54, 1.807) is 12.1 Å². The molecule has 2 atom stereocenters. The van der Waals surface area contributed by atoms with Crippen LogP contribution in [-0.4, -0.2) is 30.4 Å². The highest BCUT2D eigenvalue weighted by Crippen LogP contribution is 2.30. The summed E-state index contributed by atoms with van der Waals surface area (Å²) in [6.45, 7) is 2.37. The molecule has 2 aromatic rings. The topological polar surface area (TPSA) is 38.5 Å². The highest BCUT2D eigenvalue weighted by Gasteiger charge is 2.33. The Balaban J connectivity index is 1.64. The molecule has 1 aliphatic rings. The van der Waals surface area contributed by atoms with E-state index in [1.165, 1.54) is 17.7 Å². The lowest BCUT2D eigenvalue weighted by Crippen LogP contribution is -2.28. The Labute approximate surface area is 138 Å². The lowest BCUT2D eigenvalue weighted by atomic mass is 9.95. The lowest BCUT2D eigenvalue weighted by molar-refractivity contribution is -0.274. The van der Waals surface area contributed by atoms with E-state index < -0.39 is 6.36 Å². The predicted octanol–water partition coefficient (Wildman–Crippen LogP) is 3.51. The third kappa shape index (κ3) is 4.27. The van der Waals surface area contributed by atoms with Gasteiger partial charge in [0.15, 0.2) is 0 Å². The average Bonchev–Trinajstić information content (AvgIpc) is 2.88. The SMILES string of the molecule is N[C@H]1CN(Cc2ccccc2)C[C@@H]1c1ccc(OC(F)(F)F)cc1. The molecule has 1 fully saturated rings. The molecular weight excluding hydrogens is 317 g/mol. The van der Waals surface area contributed by atoms with Gasteiger partial charge in [-0.3, -0.25) is 4.90 Å². The normalized spacial score (nSPS) is 21.8. The van der Waals surface area contributed by atoms with Gasteiger partial charge >= 0.3 is 6.36 Å². The first-order valence-electron chi connectivity index (χ1n) is 7.78. The van der Waals surface area contributed by atoms with Gasteiger partial charge < -0.3 is 10.5 Å². The number of alkyl halides is 3. The Morgan fingerprint density at radius 3 is 2.29 bits per heavy atom. The zero-order valence-electron chi connectivity index (χ0n) is 13.0. The molecule has 0 radical (unpaired) electrons. The Kier molecular flexibility index (Phi) is 4.78. The summed E-state index contributed by atoms with van der Waals surface area (Å²) in [4.78, 5) is 2.27. The molecule has 0 unspecified atom stereocenters. The van der Waals surface area contributed by atoms with Gasteiger partial charge in [-0.15, -0.1) is 13.2 Å². The van der Waals surface area contributed by atoms with Crippen molar-refractivity contribution in [3.05, 3.63) is 65.7 Å². The molecule has 0 saturated carbocycles. The van der Waals surface area contributed by atoms with Crippen molar-refractivity contribution in [3.63, 3.8) is 0 Å². The van der Waals surface area contributed by atoms with Crippen molar-refractivity contribution in [2.45, 2.75) is 24.9 Å². The van der Waals surface area contributed by atoms with Crippen LogP contribution in [0.4, 0.5) is 13.2 Å². The molecule has 24 heavy (non-hydrogen) atoms. The number of ether oxygens (including phenoxy) is 1. The monoisotopic (exact) mass is 336 g/mol. The van der Waals surface area contributed by atoms with E-state index in [0.29, 0.717) is 0 Å². The van der Waals surface area contributed by atoms with Gasteiger partial charge in [-0.25, -0.2) is 0 Å². The highest BCUT2D eigenvalue weighted by atomic mass is 19.4. The van der Waals surface area contributed by atoms with Crippen molar-refractivity contribution in [1.29, 1.82) is 0 Å². The number of likely N-dealkylation sites (tertiary alicyclic amines) is 1. The van der Waals surface area contributed by atoms with Crippen molar-refractivity contribution in [1.82, 2.24) is 4.90 Å². The summed E-state index contributed by atoms with van der Waals surface area (Å²) < 4.78 is 40.5. The van der Waals surface area contributed by atoms with Crippen LogP contribution >= 0.6 is 0 Å². The summed E-state index contributed by atoms with van der Waals surface area (Å²) >= 11 is 0. The van der Waals surface area contributed by atoms with Gasteiger partial charge in [0.1, 0.15) is 5.75 Å². The first kappa shape index (κ1) is 16.8. The molecule has 2 N–H and O–H groups in total. The van der Waals surface area contributed by atoms with Gasteiger partial charge in [0.2, 0.25) is 0 Å². The molecule has 128 valence electrons. The number of hydrogen-bond acceptors (Lipinski definition) is 3. The Hall–Kier alpha value is -2.05. The van der Waals surface area contributed by atoms with E-state index in [1.807, 2.05) is 18.2 Å². The quantitative estimate of drug-likeness (QED) is 0.928. The first-order chi connectivity index (χ1) is 11.4. The standard InChI is InChI=1S/C18H19F3N2O/c19-18(20,21)24-15-8-6-14(7-9-15)16-11-23(12-17(16)22)10-13-4-2-1-3-5-13/h1-9,16-17H,10-12,22H2/t16-,17+/m1/s1. The Bertz CT molecular complexity index is 658. The van der Waals surface area contributed by atoms with Crippen LogP contribution in [0.25, 0.3) is 0 Å². The molecular formula is C18H19F3N2O. The Morgan fingerprint density at radius 1 is 1.00 bits per heavy atom. The molecule has 0 spiro atoms. The average molecular weight is 336 g/mol. The van der Waals surface area contributed by atoms with Crippen LogP contribution in [0.5, 0.6) is 5.75 Å². The van der Waals surface area contributed by atoms with E-state index in [2.05, 4.69) is 21.8 Å². The van der Waals surface area contributed by atoms with Crippen LogP contribution < -0.4 is 10.5 Å². The van der Waals surface area contributed by atoms with Crippen molar-refractivity contribution in [3.8, 4) is 5.75 Å². The molecule has 3 rings (SSSR count). The molecule has 1 heterocycles. The number of benzene rings is 2. The molecule has 0 aliphatic carbocycles. The number of rotatable bonds is 4. The zero-order valence-corrected chi connectivity index (χ0v) is 13.0. The zero-order chi connectivity index (χ0) is 17.2. The van der Waals surface area contributed by atoms with Crippen LogP contribution in [0.1, 0.15) is 17.0 Å². The van der Waals surface area contributed by atoms with Crippen molar-refractivity contribution >= 4 is 0 Å². The van der Waals surface area contributed by atoms with Crippen LogP contribution in [0, 0.1) is 0 Å². The number of nitrogens with two attached hydrogens (primary N) is 1. The Morgan fingerprint density at radius 2 is 1.67 bits per heavy atom. The minimum Gasteiger partial charge on any atom is -0.406 e. The predicted molar refractivity (Wildman–Crippen MR) is 85.6 cm³/mol. The third-order valence-corrected chi connectivity index (χ3v) is 4.23.